The Morgan fingerprint density at radius 2 is 1.71 bits per heavy atom. The molecular weight excluding hydrogens is 434 g/mol. The number of amides is 1. The molecule has 9 nitrogen and oxygen atoms in total. The van der Waals surface area contributed by atoms with E-state index in [9.17, 15) is 14.4 Å². The lowest BCUT2D eigenvalue weighted by atomic mass is 10.1. The number of methoxy groups -OCH3 is 1. The molecule has 2 heterocycles. The van der Waals surface area contributed by atoms with Gasteiger partial charge < -0.3 is 19.9 Å². The Bertz CT molecular complexity index is 1250. The summed E-state index contributed by atoms with van der Waals surface area (Å²) < 4.78 is 8.53. The van der Waals surface area contributed by atoms with Gasteiger partial charge in [0.25, 0.3) is 11.5 Å². The van der Waals surface area contributed by atoms with E-state index >= 15 is 0 Å². The van der Waals surface area contributed by atoms with Gasteiger partial charge in [0.05, 0.1) is 0 Å². The molecule has 0 radical (unpaired) electrons. The van der Waals surface area contributed by atoms with Crippen molar-refractivity contribution in [3.05, 3.63) is 74.2 Å². The quantitative estimate of drug-likeness (QED) is 0.470. The molecule has 1 amide bonds. The molecule has 0 aliphatic heterocycles. The second kappa shape index (κ2) is 10.6. The van der Waals surface area contributed by atoms with Crippen LogP contribution in [0.2, 0.25) is 0 Å². The molecule has 3 rings (SSSR count). The van der Waals surface area contributed by atoms with Gasteiger partial charge in [0.15, 0.2) is 5.69 Å². The maximum absolute atomic E-state index is 13.6. The number of nitrogens with two attached hydrogens (primary N) is 1. The number of hydrogen-bond donors (Lipinski definition) is 2. The summed E-state index contributed by atoms with van der Waals surface area (Å²) in [4.78, 5) is 42.4. The van der Waals surface area contributed by atoms with Crippen LogP contribution in [0.4, 0.5) is 11.5 Å². The minimum Gasteiger partial charge on any atom is -0.385 e. The van der Waals surface area contributed by atoms with Crippen molar-refractivity contribution in [1.29, 1.82) is 0 Å². The van der Waals surface area contributed by atoms with Crippen LogP contribution in [0.5, 0.6) is 0 Å². The van der Waals surface area contributed by atoms with Crippen LogP contribution in [0.1, 0.15) is 42.0 Å². The number of nitrogens with zero attached hydrogens (tertiary/aromatic N) is 3. The lowest BCUT2D eigenvalue weighted by Crippen LogP contribution is -2.42. The molecule has 2 aromatic heterocycles. The molecule has 0 aliphatic carbocycles. The first-order chi connectivity index (χ1) is 16.1. The molecule has 0 atom stereocenters. The standard InChI is InChI=1S/C25H33N5O4/c1-16(2)15-29-22(26)21(23(31)27-25(29)33)28(13-6-14-34-5)24(32)19-9-11-20(12-10-19)30-17(3)7-8-18(30)4/h7-12,16H,6,13-15,26H2,1-5H3,(H,27,31,33). The maximum Gasteiger partial charge on any atom is 0.330 e. The number of rotatable bonds is 9. The summed E-state index contributed by atoms with van der Waals surface area (Å²) in [7, 11) is 1.57. The van der Waals surface area contributed by atoms with Crippen molar-refractivity contribution in [1.82, 2.24) is 14.1 Å². The van der Waals surface area contributed by atoms with Crippen LogP contribution in [0.3, 0.4) is 0 Å². The topological polar surface area (TPSA) is 115 Å². The monoisotopic (exact) mass is 467 g/mol. The van der Waals surface area contributed by atoms with Gasteiger partial charge in [-0.15, -0.1) is 0 Å². The zero-order chi connectivity index (χ0) is 25.0. The summed E-state index contributed by atoms with van der Waals surface area (Å²) in [6.07, 6.45) is 0.490. The highest BCUT2D eigenvalue weighted by molar-refractivity contribution is 6.07. The van der Waals surface area contributed by atoms with Crippen LogP contribution in [-0.4, -0.2) is 40.3 Å². The van der Waals surface area contributed by atoms with Crippen molar-refractivity contribution in [2.45, 2.75) is 40.7 Å². The van der Waals surface area contributed by atoms with Gasteiger partial charge in [-0.25, -0.2) is 4.79 Å². The van der Waals surface area contributed by atoms with Crippen molar-refractivity contribution < 1.29 is 9.53 Å². The first-order valence-corrected chi connectivity index (χ1v) is 11.3. The molecule has 1 aromatic carbocycles. The first-order valence-electron chi connectivity index (χ1n) is 11.3. The Balaban J connectivity index is 2.04. The Labute approximate surface area is 198 Å². The van der Waals surface area contributed by atoms with E-state index in [1.54, 1.807) is 19.2 Å². The van der Waals surface area contributed by atoms with Crippen molar-refractivity contribution in [3.63, 3.8) is 0 Å². The average Bonchev–Trinajstić information content (AvgIpc) is 3.13. The molecule has 3 aromatic rings. The van der Waals surface area contributed by atoms with Gasteiger partial charge in [-0.1, -0.05) is 13.8 Å². The molecule has 3 N–H and O–H groups in total. The normalized spacial score (nSPS) is 11.2. The van der Waals surface area contributed by atoms with Crippen LogP contribution >= 0.6 is 0 Å². The average molecular weight is 468 g/mol. The number of carbonyl (C=O) groups is 1. The number of benzene rings is 1. The molecular formula is C25H33N5O4. The number of hydrogen-bond acceptors (Lipinski definition) is 5. The van der Waals surface area contributed by atoms with E-state index < -0.39 is 11.2 Å². The summed E-state index contributed by atoms with van der Waals surface area (Å²) >= 11 is 0. The van der Waals surface area contributed by atoms with Gasteiger partial charge in [-0.3, -0.25) is 19.1 Å². The van der Waals surface area contributed by atoms with Gasteiger partial charge in [-0.2, -0.15) is 0 Å². The van der Waals surface area contributed by atoms with Gasteiger partial charge in [0, 0.05) is 49.4 Å². The number of carbonyl (C=O) groups excluding carboxylic acids is 1. The molecule has 0 unspecified atom stereocenters. The summed E-state index contributed by atoms with van der Waals surface area (Å²) in [5.41, 5.74) is 8.50. The molecule has 182 valence electrons. The third-order valence-electron chi connectivity index (χ3n) is 5.65. The first kappa shape index (κ1) is 25.0. The second-order valence-corrected chi connectivity index (χ2v) is 8.80. The molecule has 34 heavy (non-hydrogen) atoms. The predicted molar refractivity (Wildman–Crippen MR) is 134 cm³/mol. The van der Waals surface area contributed by atoms with Crippen molar-refractivity contribution in [2.24, 2.45) is 5.92 Å². The number of nitrogen functional groups attached to an aromatic ring is 1. The Hall–Kier alpha value is -3.59. The number of aromatic amines is 1. The zero-order valence-corrected chi connectivity index (χ0v) is 20.4. The van der Waals surface area contributed by atoms with Crippen LogP contribution in [-0.2, 0) is 11.3 Å². The van der Waals surface area contributed by atoms with Gasteiger partial charge in [-0.05, 0) is 62.6 Å². The van der Waals surface area contributed by atoms with E-state index in [1.807, 2.05) is 52.0 Å². The molecule has 0 fully saturated rings. The van der Waals surface area contributed by atoms with Crippen molar-refractivity contribution in [2.75, 3.05) is 30.9 Å². The SMILES string of the molecule is COCCCN(C(=O)c1ccc(-n2c(C)ccc2C)cc1)c1c(N)n(CC(C)C)c(=O)[nH]c1=O. The summed E-state index contributed by atoms with van der Waals surface area (Å²) in [6.45, 7) is 8.84. The Morgan fingerprint density at radius 1 is 1.09 bits per heavy atom. The van der Waals surface area contributed by atoms with Gasteiger partial charge >= 0.3 is 5.69 Å². The maximum atomic E-state index is 13.6. The number of anilines is 2. The van der Waals surface area contributed by atoms with Crippen LogP contribution in [0.15, 0.2) is 46.0 Å². The zero-order valence-electron chi connectivity index (χ0n) is 20.4. The molecule has 0 aliphatic rings. The highest BCUT2D eigenvalue weighted by Gasteiger charge is 2.25. The van der Waals surface area contributed by atoms with Crippen molar-refractivity contribution >= 4 is 17.4 Å². The van der Waals surface area contributed by atoms with Crippen molar-refractivity contribution in [3.8, 4) is 5.69 Å². The molecule has 0 saturated heterocycles. The van der Waals surface area contributed by atoms with Crippen LogP contribution in [0.25, 0.3) is 5.69 Å². The van der Waals surface area contributed by atoms with E-state index in [4.69, 9.17) is 10.5 Å². The highest BCUT2D eigenvalue weighted by atomic mass is 16.5. The highest BCUT2D eigenvalue weighted by Crippen LogP contribution is 2.22. The summed E-state index contributed by atoms with van der Waals surface area (Å²) in [6, 6.07) is 11.3. The lowest BCUT2D eigenvalue weighted by Gasteiger charge is -2.25. The number of aromatic nitrogens is 3. The lowest BCUT2D eigenvalue weighted by molar-refractivity contribution is 0.0983. The van der Waals surface area contributed by atoms with Gasteiger partial charge in [0.1, 0.15) is 5.82 Å². The Morgan fingerprint density at radius 3 is 2.26 bits per heavy atom. The smallest absolute Gasteiger partial charge is 0.330 e. The third-order valence-corrected chi connectivity index (χ3v) is 5.65. The van der Waals surface area contributed by atoms with Crippen LogP contribution in [0, 0.1) is 19.8 Å². The molecule has 0 spiro atoms. The van der Waals surface area contributed by atoms with E-state index in [-0.39, 0.29) is 29.9 Å². The summed E-state index contributed by atoms with van der Waals surface area (Å²) in [5, 5.41) is 0. The minimum absolute atomic E-state index is 0.0246. The summed E-state index contributed by atoms with van der Waals surface area (Å²) in [5.74, 6) is -0.288. The number of nitrogens with one attached hydrogen (secondary N) is 1. The fraction of sp³-hybridized carbons (Fsp3) is 0.400. The minimum atomic E-state index is -0.691. The molecule has 0 saturated carbocycles. The van der Waals surface area contributed by atoms with Crippen LogP contribution < -0.4 is 21.9 Å². The Kier molecular flexibility index (Phi) is 7.78. The van der Waals surface area contributed by atoms with Gasteiger partial charge in [0.2, 0.25) is 0 Å². The van der Waals surface area contributed by atoms with E-state index in [1.165, 1.54) is 9.47 Å². The molecule has 9 heteroatoms. The fourth-order valence-corrected chi connectivity index (χ4v) is 4.05. The second-order valence-electron chi connectivity index (χ2n) is 8.80. The largest absolute Gasteiger partial charge is 0.385 e. The molecule has 0 bridgehead atoms. The van der Waals surface area contributed by atoms with E-state index in [0.717, 1.165) is 17.1 Å². The number of H-pyrrole nitrogens is 1. The number of ether oxygens (including phenoxy) is 1. The number of aryl methyl sites for hydroxylation is 2. The van der Waals surface area contributed by atoms with E-state index in [2.05, 4.69) is 9.55 Å². The third kappa shape index (κ3) is 5.14. The van der Waals surface area contributed by atoms with E-state index in [0.29, 0.717) is 25.1 Å². The predicted octanol–water partition coefficient (Wildman–Crippen LogP) is 2.87. The fourth-order valence-electron chi connectivity index (χ4n) is 4.05.